The summed E-state index contributed by atoms with van der Waals surface area (Å²) in [6.45, 7) is 0. The van der Waals surface area contributed by atoms with E-state index >= 15 is 0 Å². The van der Waals surface area contributed by atoms with Gasteiger partial charge < -0.3 is 20.7 Å². The van der Waals surface area contributed by atoms with Crippen LogP contribution in [0.5, 0.6) is 0 Å². The molecule has 1 saturated heterocycles. The fourth-order valence-corrected chi connectivity index (χ4v) is 0.657. The molecule has 3 unspecified atom stereocenters. The van der Waals surface area contributed by atoms with Crippen molar-refractivity contribution in [2.45, 2.75) is 24.9 Å². The average molecular weight is 147 g/mol. The lowest BCUT2D eigenvalue weighted by atomic mass is 10.2. The third-order valence-electron chi connectivity index (χ3n) is 1.36. The van der Waals surface area contributed by atoms with E-state index in [4.69, 9.17) is 15.9 Å². The van der Waals surface area contributed by atoms with Crippen LogP contribution in [-0.2, 0) is 9.53 Å². The first kappa shape index (κ1) is 7.46. The van der Waals surface area contributed by atoms with Crippen LogP contribution >= 0.6 is 0 Å². The zero-order chi connectivity index (χ0) is 7.72. The molecule has 0 saturated carbocycles. The Balaban J connectivity index is 2.19. The van der Waals surface area contributed by atoms with Crippen LogP contribution in [0.25, 0.3) is 0 Å². The molecule has 0 aromatic rings. The van der Waals surface area contributed by atoms with Crippen molar-refractivity contribution < 1.29 is 19.7 Å². The number of rotatable bonds is 3. The van der Waals surface area contributed by atoms with Crippen LogP contribution in [-0.4, -0.2) is 34.6 Å². The lowest BCUT2D eigenvalue weighted by Gasteiger charge is -2.00. The SMILES string of the molecule is NC(CC1OC1O)C(=O)O. The van der Waals surface area contributed by atoms with Gasteiger partial charge in [0.05, 0.1) is 0 Å². The summed E-state index contributed by atoms with van der Waals surface area (Å²) < 4.78 is 4.55. The average Bonchev–Trinajstić information content (AvgIpc) is 2.46. The third kappa shape index (κ3) is 1.66. The van der Waals surface area contributed by atoms with E-state index in [9.17, 15) is 4.79 Å². The van der Waals surface area contributed by atoms with Crippen molar-refractivity contribution >= 4 is 5.97 Å². The monoisotopic (exact) mass is 147 g/mol. The fraction of sp³-hybridized carbons (Fsp3) is 0.800. The van der Waals surface area contributed by atoms with Crippen LogP contribution in [0.4, 0.5) is 0 Å². The van der Waals surface area contributed by atoms with E-state index in [1.807, 2.05) is 0 Å². The van der Waals surface area contributed by atoms with E-state index in [1.54, 1.807) is 0 Å². The van der Waals surface area contributed by atoms with E-state index < -0.39 is 18.3 Å². The van der Waals surface area contributed by atoms with E-state index in [0.717, 1.165) is 0 Å². The first-order valence-corrected chi connectivity index (χ1v) is 2.93. The molecule has 10 heavy (non-hydrogen) atoms. The molecular weight excluding hydrogens is 138 g/mol. The minimum atomic E-state index is -1.07. The molecule has 0 aromatic heterocycles. The Kier molecular flexibility index (Phi) is 1.89. The number of carbonyl (C=O) groups is 1. The highest BCUT2D eigenvalue weighted by molar-refractivity contribution is 5.73. The van der Waals surface area contributed by atoms with Crippen molar-refractivity contribution in [2.75, 3.05) is 0 Å². The van der Waals surface area contributed by atoms with Gasteiger partial charge in [-0.25, -0.2) is 0 Å². The summed E-state index contributed by atoms with van der Waals surface area (Å²) in [6, 6.07) is -0.929. The van der Waals surface area contributed by atoms with Crippen LogP contribution in [0, 0.1) is 0 Å². The minimum absolute atomic E-state index is 0.177. The Labute approximate surface area is 57.4 Å². The van der Waals surface area contributed by atoms with Gasteiger partial charge in [0, 0.05) is 6.42 Å². The number of aliphatic hydroxyl groups excluding tert-OH is 1. The molecule has 1 heterocycles. The Morgan fingerprint density at radius 3 is 2.60 bits per heavy atom. The van der Waals surface area contributed by atoms with E-state index in [0.29, 0.717) is 0 Å². The first-order valence-electron chi connectivity index (χ1n) is 2.93. The van der Waals surface area contributed by atoms with E-state index in [1.165, 1.54) is 0 Å². The standard InChI is InChI=1S/C5H9NO4/c6-2(4(7)8)1-3-5(9)10-3/h2-3,5,9H,1,6H2,(H,7,8). The van der Waals surface area contributed by atoms with Gasteiger partial charge in [-0.2, -0.15) is 0 Å². The molecule has 0 aliphatic carbocycles. The van der Waals surface area contributed by atoms with Crippen molar-refractivity contribution in [2.24, 2.45) is 5.73 Å². The maximum Gasteiger partial charge on any atom is 0.320 e. The number of epoxide rings is 1. The molecule has 1 rings (SSSR count). The number of hydrogen-bond donors (Lipinski definition) is 3. The molecule has 0 bridgehead atoms. The second-order valence-corrected chi connectivity index (χ2v) is 2.25. The molecular formula is C5H9NO4. The van der Waals surface area contributed by atoms with Gasteiger partial charge in [-0.1, -0.05) is 0 Å². The molecule has 1 aliphatic rings. The van der Waals surface area contributed by atoms with Crippen LogP contribution in [0.15, 0.2) is 0 Å². The molecule has 1 aliphatic heterocycles. The summed E-state index contributed by atoms with van der Waals surface area (Å²) in [4.78, 5) is 10.1. The zero-order valence-corrected chi connectivity index (χ0v) is 5.23. The summed E-state index contributed by atoms with van der Waals surface area (Å²) >= 11 is 0. The van der Waals surface area contributed by atoms with Crippen molar-refractivity contribution in [3.8, 4) is 0 Å². The molecule has 5 nitrogen and oxygen atoms in total. The summed E-state index contributed by atoms with van der Waals surface area (Å²) in [5.74, 6) is -1.07. The fourth-order valence-electron chi connectivity index (χ4n) is 0.657. The molecule has 0 aromatic carbocycles. The van der Waals surface area contributed by atoms with Gasteiger partial charge >= 0.3 is 5.97 Å². The second-order valence-electron chi connectivity index (χ2n) is 2.25. The van der Waals surface area contributed by atoms with Crippen molar-refractivity contribution in [1.82, 2.24) is 0 Å². The van der Waals surface area contributed by atoms with Gasteiger partial charge in [-0.3, -0.25) is 4.79 Å². The van der Waals surface area contributed by atoms with Crippen LogP contribution in [0.3, 0.4) is 0 Å². The summed E-state index contributed by atoms with van der Waals surface area (Å²) in [5.41, 5.74) is 5.13. The lowest BCUT2D eigenvalue weighted by molar-refractivity contribution is -0.138. The molecule has 1 fully saturated rings. The van der Waals surface area contributed by atoms with Crippen molar-refractivity contribution in [3.05, 3.63) is 0 Å². The number of aliphatic carboxylic acids is 1. The number of nitrogens with two attached hydrogens (primary N) is 1. The quantitative estimate of drug-likeness (QED) is 0.422. The number of carboxylic acids is 1. The molecule has 5 heteroatoms. The van der Waals surface area contributed by atoms with E-state index in [2.05, 4.69) is 4.74 Å². The van der Waals surface area contributed by atoms with Gasteiger partial charge in [0.2, 0.25) is 0 Å². The summed E-state index contributed by atoms with van der Waals surface area (Å²) in [7, 11) is 0. The number of aliphatic hydroxyl groups is 1. The molecule has 58 valence electrons. The molecule has 4 N–H and O–H groups in total. The Morgan fingerprint density at radius 2 is 2.30 bits per heavy atom. The Hall–Kier alpha value is -0.650. The largest absolute Gasteiger partial charge is 0.480 e. The van der Waals surface area contributed by atoms with Crippen LogP contribution in [0.2, 0.25) is 0 Å². The summed E-state index contributed by atoms with van der Waals surface area (Å²) in [6.07, 6.45) is -0.993. The number of carboxylic acid groups (broad SMARTS) is 1. The number of ether oxygens (including phenoxy) is 1. The smallest absolute Gasteiger partial charge is 0.320 e. The maximum absolute atomic E-state index is 10.1. The summed E-state index contributed by atoms with van der Waals surface area (Å²) in [5, 5.41) is 16.9. The van der Waals surface area contributed by atoms with Gasteiger partial charge in [-0.15, -0.1) is 0 Å². The highest BCUT2D eigenvalue weighted by Crippen LogP contribution is 2.22. The molecule has 0 amide bonds. The molecule has 0 spiro atoms. The molecule has 0 radical (unpaired) electrons. The maximum atomic E-state index is 10.1. The van der Waals surface area contributed by atoms with Gasteiger partial charge in [0.1, 0.15) is 12.1 Å². The Morgan fingerprint density at radius 1 is 1.80 bits per heavy atom. The van der Waals surface area contributed by atoms with Gasteiger partial charge in [0.15, 0.2) is 6.29 Å². The van der Waals surface area contributed by atoms with Crippen LogP contribution in [0.1, 0.15) is 6.42 Å². The first-order chi connectivity index (χ1) is 4.61. The lowest BCUT2D eigenvalue weighted by Crippen LogP contribution is -2.31. The Bertz CT molecular complexity index is 149. The normalized spacial score (nSPS) is 33.4. The van der Waals surface area contributed by atoms with Gasteiger partial charge in [0.25, 0.3) is 0 Å². The predicted octanol–water partition coefficient (Wildman–Crippen LogP) is -1.49. The topological polar surface area (TPSA) is 96.1 Å². The predicted molar refractivity (Wildman–Crippen MR) is 31.1 cm³/mol. The number of hydrogen-bond acceptors (Lipinski definition) is 4. The second kappa shape index (κ2) is 2.53. The highest BCUT2D eigenvalue weighted by atomic mass is 16.7. The van der Waals surface area contributed by atoms with Crippen molar-refractivity contribution in [3.63, 3.8) is 0 Å². The zero-order valence-electron chi connectivity index (χ0n) is 5.23. The van der Waals surface area contributed by atoms with Crippen LogP contribution < -0.4 is 5.73 Å². The minimum Gasteiger partial charge on any atom is -0.480 e. The van der Waals surface area contributed by atoms with Crippen molar-refractivity contribution in [1.29, 1.82) is 0 Å². The third-order valence-corrected chi connectivity index (χ3v) is 1.36. The highest BCUT2D eigenvalue weighted by Gasteiger charge is 2.39. The molecule has 3 atom stereocenters. The van der Waals surface area contributed by atoms with E-state index in [-0.39, 0.29) is 12.5 Å². The van der Waals surface area contributed by atoms with Gasteiger partial charge in [-0.05, 0) is 0 Å².